The van der Waals surface area contributed by atoms with E-state index in [9.17, 15) is 13.2 Å². The van der Waals surface area contributed by atoms with Crippen molar-refractivity contribution < 1.29 is 18.3 Å². The highest BCUT2D eigenvalue weighted by Crippen LogP contribution is 2.18. The molecule has 0 aromatic rings. The van der Waals surface area contributed by atoms with E-state index in [1.165, 1.54) is 4.31 Å². The average molecular weight is 250 g/mol. The number of hydrogen-bond acceptors (Lipinski definition) is 3. The van der Waals surface area contributed by atoms with Gasteiger partial charge >= 0.3 is 5.97 Å². The van der Waals surface area contributed by atoms with Crippen molar-refractivity contribution in [3.05, 3.63) is 0 Å². The molecule has 1 rings (SSSR count). The summed E-state index contributed by atoms with van der Waals surface area (Å²) in [6.07, 6.45) is 2.58. The lowest BCUT2D eigenvalue weighted by atomic mass is 10.1. The number of carboxylic acids is 1. The van der Waals surface area contributed by atoms with Gasteiger partial charge in [0, 0.05) is 19.1 Å². The lowest BCUT2D eigenvalue weighted by Crippen LogP contribution is -2.48. The van der Waals surface area contributed by atoms with E-state index in [4.69, 9.17) is 5.11 Å². The Morgan fingerprint density at radius 2 is 2.19 bits per heavy atom. The molecule has 1 unspecified atom stereocenters. The molecule has 1 saturated heterocycles. The number of piperidine rings is 1. The van der Waals surface area contributed by atoms with Gasteiger partial charge in [0.05, 0.1) is 6.42 Å². The summed E-state index contributed by atoms with van der Waals surface area (Å²) < 4.78 is 27.3. The Labute approximate surface area is 95.8 Å². The zero-order valence-electron chi connectivity index (χ0n) is 9.35. The second-order valence-corrected chi connectivity index (χ2v) is 5.71. The number of aliphatic carboxylic acids is 1. The first kappa shape index (κ1) is 13.4. The molecule has 6 nitrogen and oxygen atoms in total. The third kappa shape index (κ3) is 3.73. The molecule has 2 N–H and O–H groups in total. The highest BCUT2D eigenvalue weighted by Gasteiger charge is 2.28. The van der Waals surface area contributed by atoms with Gasteiger partial charge in [0.15, 0.2) is 0 Å². The average Bonchev–Trinajstić information content (AvgIpc) is 2.17. The Morgan fingerprint density at radius 3 is 2.75 bits per heavy atom. The monoisotopic (exact) mass is 250 g/mol. The molecule has 0 aromatic heterocycles. The zero-order valence-corrected chi connectivity index (χ0v) is 10.2. The lowest BCUT2D eigenvalue weighted by Gasteiger charge is -2.32. The van der Waals surface area contributed by atoms with E-state index >= 15 is 0 Å². The fraction of sp³-hybridized carbons (Fsp3) is 0.889. The molecule has 0 saturated carbocycles. The Kier molecular flexibility index (Phi) is 4.69. The van der Waals surface area contributed by atoms with Crippen LogP contribution in [0, 0.1) is 0 Å². The minimum absolute atomic E-state index is 0.00363. The molecule has 16 heavy (non-hydrogen) atoms. The molecule has 94 valence electrons. The van der Waals surface area contributed by atoms with Crippen LogP contribution in [0.2, 0.25) is 0 Å². The molecule has 0 aliphatic carbocycles. The van der Waals surface area contributed by atoms with Crippen LogP contribution in [0.5, 0.6) is 0 Å². The summed E-state index contributed by atoms with van der Waals surface area (Å²) in [6, 6.07) is -0.00363. The van der Waals surface area contributed by atoms with E-state index < -0.39 is 16.2 Å². The van der Waals surface area contributed by atoms with E-state index in [0.717, 1.165) is 19.3 Å². The third-order valence-electron chi connectivity index (χ3n) is 2.67. The summed E-state index contributed by atoms with van der Waals surface area (Å²) in [5, 5.41) is 8.42. The van der Waals surface area contributed by atoms with Crippen molar-refractivity contribution in [2.24, 2.45) is 0 Å². The van der Waals surface area contributed by atoms with Crippen LogP contribution >= 0.6 is 0 Å². The first-order chi connectivity index (χ1) is 7.43. The zero-order chi connectivity index (χ0) is 12.2. The van der Waals surface area contributed by atoms with E-state index in [1.54, 1.807) is 0 Å². The summed E-state index contributed by atoms with van der Waals surface area (Å²) in [6.45, 7) is 2.33. The van der Waals surface area contributed by atoms with Crippen molar-refractivity contribution in [2.45, 2.75) is 38.6 Å². The molecule has 1 atom stereocenters. The van der Waals surface area contributed by atoms with Crippen molar-refractivity contribution in [1.82, 2.24) is 9.03 Å². The van der Waals surface area contributed by atoms with E-state index in [0.29, 0.717) is 6.54 Å². The second-order valence-electron chi connectivity index (χ2n) is 4.00. The van der Waals surface area contributed by atoms with Crippen LogP contribution in [0.1, 0.15) is 32.6 Å². The van der Waals surface area contributed by atoms with Crippen LogP contribution in [-0.4, -0.2) is 42.9 Å². The van der Waals surface area contributed by atoms with Gasteiger partial charge in [-0.1, -0.05) is 6.42 Å². The molecule has 0 bridgehead atoms. The van der Waals surface area contributed by atoms with Gasteiger partial charge in [-0.25, -0.2) is 4.72 Å². The number of hydrogen-bond donors (Lipinski definition) is 2. The number of rotatable bonds is 5. The van der Waals surface area contributed by atoms with E-state index in [2.05, 4.69) is 4.72 Å². The van der Waals surface area contributed by atoms with E-state index in [1.807, 2.05) is 6.92 Å². The molecule has 1 heterocycles. The standard InChI is InChI=1S/C9H18N2O4S/c1-8-4-2-3-7-11(8)16(14,15)10-6-5-9(12)13/h8,10H,2-7H2,1H3,(H,12,13). The molecule has 0 aromatic carbocycles. The minimum Gasteiger partial charge on any atom is -0.481 e. The molecular weight excluding hydrogens is 232 g/mol. The van der Waals surface area contributed by atoms with Crippen molar-refractivity contribution >= 4 is 16.2 Å². The Bertz CT molecular complexity index is 341. The molecule has 0 amide bonds. The lowest BCUT2D eigenvalue weighted by molar-refractivity contribution is -0.136. The van der Waals surface area contributed by atoms with Crippen LogP contribution in [-0.2, 0) is 15.0 Å². The number of nitrogens with zero attached hydrogens (tertiary/aromatic N) is 1. The number of carbonyl (C=O) groups is 1. The number of carboxylic acid groups (broad SMARTS) is 1. The maximum atomic E-state index is 11.8. The van der Waals surface area contributed by atoms with Gasteiger partial charge in [-0.15, -0.1) is 0 Å². The topological polar surface area (TPSA) is 86.7 Å². The van der Waals surface area contributed by atoms with Gasteiger partial charge in [0.1, 0.15) is 0 Å². The van der Waals surface area contributed by atoms with Crippen LogP contribution < -0.4 is 4.72 Å². The molecule has 0 radical (unpaired) electrons. The summed E-state index contributed by atoms with van der Waals surface area (Å²) in [5.74, 6) is -1.01. The molecule has 1 aliphatic heterocycles. The van der Waals surface area contributed by atoms with Gasteiger partial charge < -0.3 is 5.11 Å². The van der Waals surface area contributed by atoms with Crippen LogP contribution in [0.25, 0.3) is 0 Å². The fourth-order valence-electron chi connectivity index (χ4n) is 1.80. The van der Waals surface area contributed by atoms with Gasteiger partial charge in [-0.05, 0) is 19.8 Å². The maximum absolute atomic E-state index is 11.8. The molecular formula is C9H18N2O4S. The van der Waals surface area contributed by atoms with Crippen molar-refractivity contribution in [1.29, 1.82) is 0 Å². The van der Waals surface area contributed by atoms with Crippen molar-refractivity contribution in [2.75, 3.05) is 13.1 Å². The van der Waals surface area contributed by atoms with Gasteiger partial charge in [0.2, 0.25) is 0 Å². The third-order valence-corrected chi connectivity index (χ3v) is 4.40. The Balaban J connectivity index is 2.51. The maximum Gasteiger partial charge on any atom is 0.304 e. The predicted octanol–water partition coefficient (Wildman–Crippen LogP) is 0.170. The summed E-state index contributed by atoms with van der Waals surface area (Å²) in [4.78, 5) is 10.3. The van der Waals surface area contributed by atoms with Crippen LogP contribution in [0.4, 0.5) is 0 Å². The van der Waals surface area contributed by atoms with Crippen molar-refractivity contribution in [3.8, 4) is 0 Å². The van der Waals surface area contributed by atoms with Gasteiger partial charge in [0.25, 0.3) is 10.2 Å². The summed E-state index contributed by atoms with van der Waals surface area (Å²) >= 11 is 0. The summed E-state index contributed by atoms with van der Waals surface area (Å²) in [5.41, 5.74) is 0. The van der Waals surface area contributed by atoms with E-state index in [-0.39, 0.29) is 19.0 Å². The predicted molar refractivity (Wildman–Crippen MR) is 59.2 cm³/mol. The normalized spacial score (nSPS) is 23.2. The Morgan fingerprint density at radius 1 is 1.50 bits per heavy atom. The van der Waals surface area contributed by atoms with Crippen LogP contribution in [0.3, 0.4) is 0 Å². The molecule has 1 fully saturated rings. The summed E-state index contributed by atoms with van der Waals surface area (Å²) in [7, 11) is -3.51. The SMILES string of the molecule is CC1CCCCN1S(=O)(=O)NCCC(=O)O. The molecule has 7 heteroatoms. The quantitative estimate of drug-likeness (QED) is 0.728. The minimum atomic E-state index is -3.51. The molecule has 0 spiro atoms. The number of nitrogens with one attached hydrogen (secondary N) is 1. The van der Waals surface area contributed by atoms with Crippen LogP contribution in [0.15, 0.2) is 0 Å². The van der Waals surface area contributed by atoms with Crippen molar-refractivity contribution in [3.63, 3.8) is 0 Å². The highest BCUT2D eigenvalue weighted by atomic mass is 32.2. The first-order valence-corrected chi connectivity index (χ1v) is 6.85. The fourth-order valence-corrected chi connectivity index (χ4v) is 3.27. The smallest absolute Gasteiger partial charge is 0.304 e. The highest BCUT2D eigenvalue weighted by molar-refractivity contribution is 7.87. The Hall–Kier alpha value is -0.660. The largest absolute Gasteiger partial charge is 0.481 e. The first-order valence-electron chi connectivity index (χ1n) is 5.41. The van der Waals surface area contributed by atoms with Gasteiger partial charge in [-0.3, -0.25) is 4.79 Å². The van der Waals surface area contributed by atoms with Gasteiger partial charge in [-0.2, -0.15) is 12.7 Å². The second kappa shape index (κ2) is 5.60. The molecule has 1 aliphatic rings.